The third-order valence-electron chi connectivity index (χ3n) is 3.73. The first-order valence-corrected chi connectivity index (χ1v) is 7.98. The fourth-order valence-corrected chi connectivity index (χ4v) is 2.76. The quantitative estimate of drug-likeness (QED) is 0.597. The van der Waals surface area contributed by atoms with E-state index in [1.54, 1.807) is 25.6 Å². The van der Waals surface area contributed by atoms with Crippen molar-refractivity contribution in [2.75, 3.05) is 12.4 Å². The summed E-state index contributed by atoms with van der Waals surface area (Å²) in [5.41, 5.74) is 3.11. The molecule has 25 heavy (non-hydrogen) atoms. The zero-order valence-corrected chi connectivity index (χ0v) is 14.1. The molecule has 0 unspecified atom stereocenters. The summed E-state index contributed by atoms with van der Waals surface area (Å²) in [6, 6.07) is 11.3. The van der Waals surface area contributed by atoms with E-state index in [0.29, 0.717) is 22.4 Å². The molecule has 0 amide bonds. The van der Waals surface area contributed by atoms with Gasteiger partial charge >= 0.3 is 0 Å². The van der Waals surface area contributed by atoms with Crippen LogP contribution in [0.1, 0.15) is 0 Å². The minimum Gasteiger partial charge on any atom is -0.481 e. The number of nitrogens with zero attached hydrogens (tertiary/aromatic N) is 4. The molecule has 3 heterocycles. The summed E-state index contributed by atoms with van der Waals surface area (Å²) in [4.78, 5) is 13.3. The zero-order chi connectivity index (χ0) is 17.2. The lowest BCUT2D eigenvalue weighted by Gasteiger charge is -2.11. The number of hydrogen-bond acceptors (Lipinski definition) is 5. The van der Waals surface area contributed by atoms with Crippen LogP contribution < -0.4 is 10.1 Å². The Morgan fingerprint density at radius 3 is 2.76 bits per heavy atom. The molecule has 4 rings (SSSR count). The molecule has 0 aliphatic heterocycles. The van der Waals surface area contributed by atoms with E-state index in [2.05, 4.69) is 15.3 Å². The number of anilines is 2. The van der Waals surface area contributed by atoms with Crippen molar-refractivity contribution in [3.8, 4) is 17.1 Å². The number of aromatic nitrogens is 4. The van der Waals surface area contributed by atoms with Crippen LogP contribution in [-0.2, 0) is 0 Å². The van der Waals surface area contributed by atoms with Crippen molar-refractivity contribution in [3.63, 3.8) is 0 Å². The van der Waals surface area contributed by atoms with Gasteiger partial charge in [0.25, 0.3) is 0 Å². The van der Waals surface area contributed by atoms with Crippen LogP contribution in [0.25, 0.3) is 16.9 Å². The van der Waals surface area contributed by atoms with Crippen molar-refractivity contribution in [1.29, 1.82) is 0 Å². The number of halogens is 1. The maximum absolute atomic E-state index is 6.32. The normalized spacial score (nSPS) is 10.8. The smallest absolute Gasteiger partial charge is 0.213 e. The van der Waals surface area contributed by atoms with Crippen molar-refractivity contribution < 1.29 is 4.74 Å². The molecule has 1 aromatic carbocycles. The van der Waals surface area contributed by atoms with E-state index in [0.717, 1.165) is 16.9 Å². The second kappa shape index (κ2) is 6.41. The summed E-state index contributed by atoms with van der Waals surface area (Å²) in [5.74, 6) is 1.17. The Kier molecular flexibility index (Phi) is 3.95. The van der Waals surface area contributed by atoms with Gasteiger partial charge in [-0.05, 0) is 12.1 Å². The fourth-order valence-electron chi connectivity index (χ4n) is 2.53. The SMILES string of the molecule is COc1ccc(Nc2nc(-c3ccccc3Cl)cn3ccnc23)cn1. The molecule has 0 atom stereocenters. The molecule has 3 aromatic heterocycles. The van der Waals surface area contributed by atoms with Gasteiger partial charge in [0.05, 0.1) is 29.7 Å². The molecule has 0 saturated carbocycles. The van der Waals surface area contributed by atoms with Gasteiger partial charge in [0.2, 0.25) is 5.88 Å². The van der Waals surface area contributed by atoms with Crippen molar-refractivity contribution in [3.05, 3.63) is 66.2 Å². The van der Waals surface area contributed by atoms with Crippen LogP contribution in [-0.4, -0.2) is 26.5 Å². The van der Waals surface area contributed by atoms with Crippen LogP contribution in [0.5, 0.6) is 5.88 Å². The van der Waals surface area contributed by atoms with Gasteiger partial charge in [-0.1, -0.05) is 29.8 Å². The summed E-state index contributed by atoms with van der Waals surface area (Å²) in [6.45, 7) is 0. The Morgan fingerprint density at radius 2 is 2.00 bits per heavy atom. The summed E-state index contributed by atoms with van der Waals surface area (Å²) >= 11 is 6.32. The van der Waals surface area contributed by atoms with E-state index in [1.165, 1.54) is 0 Å². The maximum atomic E-state index is 6.32. The molecule has 1 N–H and O–H groups in total. The van der Waals surface area contributed by atoms with Crippen LogP contribution in [0.3, 0.4) is 0 Å². The Balaban J connectivity index is 1.79. The standard InChI is InChI=1S/C18H14ClN5O/c1-25-16-7-6-12(10-21-16)22-17-18-20-8-9-24(18)11-15(23-17)13-4-2-3-5-14(13)19/h2-11H,1H3,(H,22,23). The zero-order valence-electron chi connectivity index (χ0n) is 13.3. The van der Waals surface area contributed by atoms with Gasteiger partial charge < -0.3 is 14.5 Å². The molecule has 124 valence electrons. The second-order valence-corrected chi connectivity index (χ2v) is 5.73. The van der Waals surface area contributed by atoms with Crippen molar-refractivity contribution >= 4 is 28.8 Å². The Morgan fingerprint density at radius 1 is 1.12 bits per heavy atom. The number of fused-ring (bicyclic) bond motifs is 1. The first-order valence-electron chi connectivity index (χ1n) is 7.60. The van der Waals surface area contributed by atoms with Crippen LogP contribution >= 0.6 is 11.6 Å². The topological polar surface area (TPSA) is 64.3 Å². The van der Waals surface area contributed by atoms with Gasteiger partial charge in [0.1, 0.15) is 0 Å². The van der Waals surface area contributed by atoms with Crippen LogP contribution in [0.4, 0.5) is 11.5 Å². The lowest BCUT2D eigenvalue weighted by atomic mass is 10.1. The molecule has 0 spiro atoms. The summed E-state index contributed by atoms with van der Waals surface area (Å²) < 4.78 is 6.99. The Hall–Kier alpha value is -3.12. The van der Waals surface area contributed by atoms with Crippen LogP contribution in [0.15, 0.2) is 61.2 Å². The number of benzene rings is 1. The molecule has 0 fully saturated rings. The van der Waals surface area contributed by atoms with E-state index < -0.39 is 0 Å². The highest BCUT2D eigenvalue weighted by molar-refractivity contribution is 6.33. The molecule has 4 aromatic rings. The number of ether oxygens (including phenoxy) is 1. The molecule has 0 aliphatic carbocycles. The van der Waals surface area contributed by atoms with Crippen molar-refractivity contribution in [1.82, 2.24) is 19.4 Å². The summed E-state index contributed by atoms with van der Waals surface area (Å²) in [6.07, 6.45) is 7.18. The predicted octanol–water partition coefficient (Wildman–Crippen LogP) is 4.20. The fraction of sp³-hybridized carbons (Fsp3) is 0.0556. The molecule has 0 saturated heterocycles. The van der Waals surface area contributed by atoms with Gasteiger partial charge in [0, 0.05) is 30.2 Å². The molecular weight excluding hydrogens is 338 g/mol. The number of rotatable bonds is 4. The highest BCUT2D eigenvalue weighted by Crippen LogP contribution is 2.29. The van der Waals surface area contributed by atoms with Gasteiger partial charge in [-0.3, -0.25) is 0 Å². The lowest BCUT2D eigenvalue weighted by Crippen LogP contribution is -2.01. The number of imidazole rings is 1. The van der Waals surface area contributed by atoms with E-state index in [9.17, 15) is 0 Å². The monoisotopic (exact) mass is 351 g/mol. The molecule has 6 nitrogen and oxygen atoms in total. The molecule has 0 radical (unpaired) electrons. The Labute approximate surface area is 149 Å². The number of pyridine rings is 1. The van der Waals surface area contributed by atoms with Gasteiger partial charge in [-0.25, -0.2) is 15.0 Å². The number of methoxy groups -OCH3 is 1. The highest BCUT2D eigenvalue weighted by atomic mass is 35.5. The lowest BCUT2D eigenvalue weighted by molar-refractivity contribution is 0.398. The van der Waals surface area contributed by atoms with E-state index in [-0.39, 0.29) is 0 Å². The van der Waals surface area contributed by atoms with E-state index in [1.807, 2.05) is 47.1 Å². The minimum atomic E-state index is 0.550. The van der Waals surface area contributed by atoms with E-state index in [4.69, 9.17) is 21.3 Å². The molecule has 0 aliphatic rings. The largest absolute Gasteiger partial charge is 0.481 e. The average Bonchev–Trinajstić information content (AvgIpc) is 3.11. The molecular formula is C18H14ClN5O. The second-order valence-electron chi connectivity index (χ2n) is 5.33. The molecule has 0 bridgehead atoms. The van der Waals surface area contributed by atoms with Crippen LogP contribution in [0.2, 0.25) is 5.02 Å². The predicted molar refractivity (Wildman–Crippen MR) is 97.5 cm³/mol. The summed E-state index contributed by atoms with van der Waals surface area (Å²) in [7, 11) is 1.58. The minimum absolute atomic E-state index is 0.550. The highest BCUT2D eigenvalue weighted by Gasteiger charge is 2.11. The average molecular weight is 352 g/mol. The Bertz CT molecular complexity index is 1030. The number of nitrogens with one attached hydrogen (secondary N) is 1. The van der Waals surface area contributed by atoms with Gasteiger partial charge in [-0.2, -0.15) is 0 Å². The van der Waals surface area contributed by atoms with E-state index >= 15 is 0 Å². The van der Waals surface area contributed by atoms with Crippen molar-refractivity contribution in [2.24, 2.45) is 0 Å². The van der Waals surface area contributed by atoms with Gasteiger partial charge in [-0.15, -0.1) is 0 Å². The van der Waals surface area contributed by atoms with Crippen molar-refractivity contribution in [2.45, 2.75) is 0 Å². The first kappa shape index (κ1) is 15.4. The van der Waals surface area contributed by atoms with Gasteiger partial charge in [0.15, 0.2) is 11.5 Å². The third-order valence-corrected chi connectivity index (χ3v) is 4.06. The third kappa shape index (κ3) is 2.99. The first-order chi connectivity index (χ1) is 12.2. The molecule has 7 heteroatoms. The van der Waals surface area contributed by atoms with Crippen LogP contribution in [0, 0.1) is 0 Å². The summed E-state index contributed by atoms with van der Waals surface area (Å²) in [5, 5.41) is 3.90. The maximum Gasteiger partial charge on any atom is 0.213 e. The number of hydrogen-bond donors (Lipinski definition) is 1.